The maximum absolute atomic E-state index is 5.85. The Balaban J connectivity index is 1.86. The standard InChI is InChI=1S/C17H18N2O/c1-12-7-9-13(10-8-12)15-11-16(20-17(18)19-15)14-5-3-2-4-6-14/h2-10,15-16H,11H2,1H3,(H2,18,19)/t15-,16+/m0/s1. The zero-order valence-electron chi connectivity index (χ0n) is 11.5. The summed E-state index contributed by atoms with van der Waals surface area (Å²) in [5.74, 6) is 0. The third-order valence-electron chi connectivity index (χ3n) is 3.62. The summed E-state index contributed by atoms with van der Waals surface area (Å²) in [5.41, 5.74) is 9.42. The molecule has 102 valence electrons. The minimum Gasteiger partial charge on any atom is -0.457 e. The highest BCUT2D eigenvalue weighted by Gasteiger charge is 2.26. The highest BCUT2D eigenvalue weighted by Crippen LogP contribution is 2.35. The van der Waals surface area contributed by atoms with Crippen LogP contribution in [0, 0.1) is 6.92 Å². The van der Waals surface area contributed by atoms with Gasteiger partial charge in [-0.15, -0.1) is 0 Å². The van der Waals surface area contributed by atoms with Gasteiger partial charge in [0.05, 0.1) is 6.04 Å². The van der Waals surface area contributed by atoms with Crippen molar-refractivity contribution in [1.82, 2.24) is 0 Å². The lowest BCUT2D eigenvalue weighted by molar-refractivity contribution is 0.148. The summed E-state index contributed by atoms with van der Waals surface area (Å²) in [6.45, 7) is 2.08. The van der Waals surface area contributed by atoms with Crippen molar-refractivity contribution in [2.45, 2.75) is 25.5 Å². The van der Waals surface area contributed by atoms with E-state index in [-0.39, 0.29) is 18.2 Å². The molecule has 0 fully saturated rings. The SMILES string of the molecule is Cc1ccc([C@@H]2C[C@H](c3ccccc3)OC(N)=N2)cc1. The van der Waals surface area contributed by atoms with Crippen molar-refractivity contribution >= 4 is 6.02 Å². The Bertz CT molecular complexity index is 605. The van der Waals surface area contributed by atoms with Gasteiger partial charge >= 0.3 is 0 Å². The van der Waals surface area contributed by atoms with Crippen molar-refractivity contribution < 1.29 is 4.74 Å². The van der Waals surface area contributed by atoms with Gasteiger partial charge in [-0.05, 0) is 18.1 Å². The molecule has 0 aromatic heterocycles. The van der Waals surface area contributed by atoms with E-state index in [4.69, 9.17) is 10.5 Å². The molecule has 0 unspecified atom stereocenters. The van der Waals surface area contributed by atoms with Gasteiger partial charge in [0.25, 0.3) is 6.02 Å². The molecule has 0 radical (unpaired) electrons. The predicted octanol–water partition coefficient (Wildman–Crippen LogP) is 3.51. The Hall–Kier alpha value is -2.29. The monoisotopic (exact) mass is 266 g/mol. The predicted molar refractivity (Wildman–Crippen MR) is 80.4 cm³/mol. The third-order valence-corrected chi connectivity index (χ3v) is 3.62. The van der Waals surface area contributed by atoms with Gasteiger partial charge in [0, 0.05) is 6.42 Å². The summed E-state index contributed by atoms with van der Waals surface area (Å²) >= 11 is 0. The minimum atomic E-state index is -0.0278. The van der Waals surface area contributed by atoms with Crippen molar-refractivity contribution in [3.05, 3.63) is 71.3 Å². The van der Waals surface area contributed by atoms with Crippen LogP contribution < -0.4 is 5.73 Å². The van der Waals surface area contributed by atoms with E-state index in [0.717, 1.165) is 12.0 Å². The molecule has 1 heterocycles. The van der Waals surface area contributed by atoms with E-state index in [1.807, 2.05) is 18.2 Å². The summed E-state index contributed by atoms with van der Waals surface area (Å²) in [6, 6.07) is 18.9. The fourth-order valence-corrected chi connectivity index (χ4v) is 2.50. The molecule has 20 heavy (non-hydrogen) atoms. The highest BCUT2D eigenvalue weighted by molar-refractivity contribution is 5.72. The highest BCUT2D eigenvalue weighted by atomic mass is 16.5. The second-order valence-electron chi connectivity index (χ2n) is 5.15. The minimum absolute atomic E-state index is 0.0278. The Kier molecular flexibility index (Phi) is 3.42. The molecule has 1 aliphatic rings. The first-order valence-electron chi connectivity index (χ1n) is 6.84. The van der Waals surface area contributed by atoms with Gasteiger partial charge in [-0.3, -0.25) is 0 Å². The largest absolute Gasteiger partial charge is 0.457 e. The molecule has 2 atom stereocenters. The summed E-state index contributed by atoms with van der Waals surface area (Å²) in [6.07, 6.45) is 0.785. The molecular weight excluding hydrogens is 248 g/mol. The molecule has 2 N–H and O–H groups in total. The molecule has 0 saturated carbocycles. The zero-order valence-corrected chi connectivity index (χ0v) is 11.5. The van der Waals surface area contributed by atoms with E-state index < -0.39 is 0 Å². The van der Waals surface area contributed by atoms with Crippen molar-refractivity contribution in [2.24, 2.45) is 10.7 Å². The number of hydrogen-bond acceptors (Lipinski definition) is 3. The van der Waals surface area contributed by atoms with Gasteiger partial charge in [-0.1, -0.05) is 60.2 Å². The number of rotatable bonds is 2. The maximum atomic E-state index is 5.85. The summed E-state index contributed by atoms with van der Waals surface area (Å²) in [7, 11) is 0. The van der Waals surface area contributed by atoms with E-state index in [1.54, 1.807) is 0 Å². The third kappa shape index (κ3) is 2.67. The topological polar surface area (TPSA) is 47.6 Å². The van der Waals surface area contributed by atoms with E-state index in [0.29, 0.717) is 0 Å². The number of benzene rings is 2. The van der Waals surface area contributed by atoms with Crippen LogP contribution in [0.4, 0.5) is 0 Å². The van der Waals surface area contributed by atoms with E-state index in [1.165, 1.54) is 11.1 Å². The normalized spacial score (nSPS) is 21.9. The van der Waals surface area contributed by atoms with Crippen LogP contribution in [-0.2, 0) is 4.74 Å². The molecule has 2 aromatic rings. The van der Waals surface area contributed by atoms with Gasteiger partial charge in [-0.25, -0.2) is 4.99 Å². The van der Waals surface area contributed by atoms with Gasteiger partial charge < -0.3 is 10.5 Å². The van der Waals surface area contributed by atoms with Crippen molar-refractivity contribution in [1.29, 1.82) is 0 Å². The second kappa shape index (κ2) is 5.37. The van der Waals surface area contributed by atoms with E-state index >= 15 is 0 Å². The van der Waals surface area contributed by atoms with Crippen molar-refractivity contribution in [3.63, 3.8) is 0 Å². The van der Waals surface area contributed by atoms with E-state index in [2.05, 4.69) is 48.3 Å². The van der Waals surface area contributed by atoms with Crippen LogP contribution in [0.15, 0.2) is 59.6 Å². The number of hydrogen-bond donors (Lipinski definition) is 1. The smallest absolute Gasteiger partial charge is 0.283 e. The Labute approximate surface area is 119 Å². The van der Waals surface area contributed by atoms with Gasteiger partial charge in [0.2, 0.25) is 0 Å². The molecule has 0 bridgehead atoms. The zero-order chi connectivity index (χ0) is 13.9. The quantitative estimate of drug-likeness (QED) is 0.904. The molecule has 0 spiro atoms. The number of ether oxygens (including phenoxy) is 1. The summed E-state index contributed by atoms with van der Waals surface area (Å²) < 4.78 is 5.68. The Morgan fingerprint density at radius 1 is 1.00 bits per heavy atom. The van der Waals surface area contributed by atoms with Crippen molar-refractivity contribution in [2.75, 3.05) is 0 Å². The molecule has 3 nitrogen and oxygen atoms in total. The average molecular weight is 266 g/mol. The van der Waals surface area contributed by atoms with Crippen LogP contribution in [0.2, 0.25) is 0 Å². The van der Waals surface area contributed by atoms with E-state index in [9.17, 15) is 0 Å². The summed E-state index contributed by atoms with van der Waals surface area (Å²) in [5, 5.41) is 0. The lowest BCUT2D eigenvalue weighted by Gasteiger charge is -2.27. The second-order valence-corrected chi connectivity index (χ2v) is 5.15. The molecule has 1 aliphatic heterocycles. The lowest BCUT2D eigenvalue weighted by Crippen LogP contribution is -2.26. The Morgan fingerprint density at radius 2 is 1.70 bits per heavy atom. The van der Waals surface area contributed by atoms with Crippen LogP contribution in [0.1, 0.15) is 35.3 Å². The van der Waals surface area contributed by atoms with Crippen LogP contribution in [0.3, 0.4) is 0 Å². The van der Waals surface area contributed by atoms with Gasteiger partial charge in [0.15, 0.2) is 0 Å². The molecule has 0 saturated heterocycles. The van der Waals surface area contributed by atoms with Crippen LogP contribution in [0.25, 0.3) is 0 Å². The first-order valence-corrected chi connectivity index (χ1v) is 6.84. The molecule has 2 aromatic carbocycles. The average Bonchev–Trinajstić information content (AvgIpc) is 2.48. The number of aliphatic imine (C=N–C) groups is 1. The van der Waals surface area contributed by atoms with Crippen LogP contribution in [0.5, 0.6) is 0 Å². The first kappa shape index (κ1) is 12.7. The number of aryl methyl sites for hydroxylation is 1. The molecule has 0 amide bonds. The van der Waals surface area contributed by atoms with Crippen LogP contribution in [-0.4, -0.2) is 6.02 Å². The molecule has 3 rings (SSSR count). The maximum Gasteiger partial charge on any atom is 0.283 e. The summed E-state index contributed by atoms with van der Waals surface area (Å²) in [4.78, 5) is 4.43. The number of nitrogens with zero attached hydrogens (tertiary/aromatic N) is 1. The van der Waals surface area contributed by atoms with Crippen LogP contribution >= 0.6 is 0 Å². The van der Waals surface area contributed by atoms with Gasteiger partial charge in [0.1, 0.15) is 6.10 Å². The first-order chi connectivity index (χ1) is 9.72. The number of nitrogens with two attached hydrogens (primary N) is 1. The van der Waals surface area contributed by atoms with Crippen molar-refractivity contribution in [3.8, 4) is 0 Å². The fourth-order valence-electron chi connectivity index (χ4n) is 2.50. The molecular formula is C17H18N2O. The molecule has 0 aliphatic carbocycles. The Morgan fingerprint density at radius 3 is 2.40 bits per heavy atom. The molecule has 3 heteroatoms. The number of amidine groups is 1. The van der Waals surface area contributed by atoms with Gasteiger partial charge in [-0.2, -0.15) is 0 Å². The fraction of sp³-hybridized carbons (Fsp3) is 0.235. The lowest BCUT2D eigenvalue weighted by atomic mass is 9.95.